The molecule has 118 valence electrons. The molecular formula is C13H7F6NO2. The summed E-state index contributed by atoms with van der Waals surface area (Å²) in [5, 5.41) is 9.66. The van der Waals surface area contributed by atoms with E-state index in [9.17, 15) is 31.4 Å². The summed E-state index contributed by atoms with van der Waals surface area (Å²) >= 11 is 0. The second kappa shape index (κ2) is 5.39. The average Bonchev–Trinajstić information content (AvgIpc) is 2.35. The van der Waals surface area contributed by atoms with Crippen LogP contribution in [0.1, 0.15) is 5.69 Å². The Balaban J connectivity index is 2.47. The highest BCUT2D eigenvalue weighted by molar-refractivity contribution is 5.72. The van der Waals surface area contributed by atoms with Crippen molar-refractivity contribution in [2.75, 3.05) is 0 Å². The van der Waals surface area contributed by atoms with Gasteiger partial charge in [-0.25, -0.2) is 4.98 Å². The number of ether oxygens (including phenoxy) is 1. The molecule has 0 unspecified atom stereocenters. The fourth-order valence-electron chi connectivity index (χ4n) is 1.76. The molecule has 0 saturated heterocycles. The monoisotopic (exact) mass is 323 g/mol. The van der Waals surface area contributed by atoms with Gasteiger partial charge in [-0.1, -0.05) is 12.1 Å². The van der Waals surface area contributed by atoms with Crippen molar-refractivity contribution in [1.82, 2.24) is 4.98 Å². The molecule has 22 heavy (non-hydrogen) atoms. The molecule has 0 amide bonds. The van der Waals surface area contributed by atoms with Gasteiger partial charge < -0.3 is 9.84 Å². The second-order valence-corrected chi connectivity index (χ2v) is 4.13. The van der Waals surface area contributed by atoms with Crippen LogP contribution < -0.4 is 4.74 Å². The number of nitrogens with zero attached hydrogens (tertiary/aromatic N) is 1. The molecule has 0 saturated carbocycles. The first-order chi connectivity index (χ1) is 10.1. The minimum atomic E-state index is -4.93. The number of pyridine rings is 1. The Bertz CT molecular complexity index is 681. The molecule has 2 aromatic rings. The molecule has 1 aromatic heterocycles. The molecule has 0 bridgehead atoms. The van der Waals surface area contributed by atoms with Gasteiger partial charge in [0.05, 0.1) is 0 Å². The van der Waals surface area contributed by atoms with Crippen molar-refractivity contribution < 1.29 is 36.2 Å². The van der Waals surface area contributed by atoms with Gasteiger partial charge in [0.15, 0.2) is 11.4 Å². The lowest BCUT2D eigenvalue weighted by molar-refractivity contribution is -0.274. The molecule has 2 rings (SSSR count). The number of hydrogen-bond acceptors (Lipinski definition) is 3. The number of hydrogen-bond donors (Lipinski definition) is 1. The highest BCUT2D eigenvalue weighted by Gasteiger charge is 2.37. The lowest BCUT2D eigenvalue weighted by Crippen LogP contribution is -2.17. The van der Waals surface area contributed by atoms with Gasteiger partial charge >= 0.3 is 12.5 Å². The van der Waals surface area contributed by atoms with E-state index in [2.05, 4.69) is 9.72 Å². The number of rotatable bonds is 2. The van der Waals surface area contributed by atoms with Crippen molar-refractivity contribution in [2.45, 2.75) is 12.5 Å². The van der Waals surface area contributed by atoms with Gasteiger partial charge in [-0.05, 0) is 23.8 Å². The molecule has 0 radical (unpaired) electrons. The fraction of sp³-hybridized carbons (Fsp3) is 0.154. The summed E-state index contributed by atoms with van der Waals surface area (Å²) in [6, 6.07) is 5.29. The summed E-state index contributed by atoms with van der Waals surface area (Å²) in [6.07, 6.45) is -9.02. The Morgan fingerprint density at radius 2 is 1.68 bits per heavy atom. The Morgan fingerprint density at radius 1 is 1.00 bits per heavy atom. The Morgan fingerprint density at radius 3 is 2.27 bits per heavy atom. The minimum Gasteiger partial charge on any atom is -0.505 e. The van der Waals surface area contributed by atoms with E-state index in [1.807, 2.05) is 0 Å². The predicted octanol–water partition coefficient (Wildman–Crippen LogP) is 4.37. The van der Waals surface area contributed by atoms with Crippen LogP contribution in [0.15, 0.2) is 36.5 Å². The Labute approximate surface area is 119 Å². The number of aromatic nitrogens is 1. The van der Waals surface area contributed by atoms with Crippen LogP contribution in [0, 0.1) is 0 Å². The molecule has 0 aliphatic heterocycles. The van der Waals surface area contributed by atoms with Gasteiger partial charge in [0.1, 0.15) is 5.75 Å². The third-order valence-corrected chi connectivity index (χ3v) is 2.57. The highest BCUT2D eigenvalue weighted by Crippen LogP contribution is 2.40. The molecule has 0 spiro atoms. The van der Waals surface area contributed by atoms with Crippen molar-refractivity contribution in [1.29, 1.82) is 0 Å². The van der Waals surface area contributed by atoms with E-state index in [0.717, 1.165) is 30.5 Å². The van der Waals surface area contributed by atoms with Gasteiger partial charge in [0, 0.05) is 11.8 Å². The number of alkyl halides is 6. The van der Waals surface area contributed by atoms with Crippen LogP contribution in [-0.4, -0.2) is 16.5 Å². The average molecular weight is 323 g/mol. The first kappa shape index (κ1) is 15.9. The van der Waals surface area contributed by atoms with E-state index in [-0.39, 0.29) is 11.1 Å². The summed E-state index contributed by atoms with van der Waals surface area (Å²) in [6.45, 7) is 0. The largest absolute Gasteiger partial charge is 0.573 e. The number of halogens is 6. The third-order valence-electron chi connectivity index (χ3n) is 2.57. The third kappa shape index (κ3) is 3.60. The Hall–Kier alpha value is -2.45. The zero-order chi connectivity index (χ0) is 16.5. The smallest absolute Gasteiger partial charge is 0.505 e. The normalized spacial score (nSPS) is 12.3. The minimum absolute atomic E-state index is 0.0767. The van der Waals surface area contributed by atoms with E-state index in [1.165, 1.54) is 6.07 Å². The molecule has 3 nitrogen and oxygen atoms in total. The highest BCUT2D eigenvalue weighted by atomic mass is 19.4. The van der Waals surface area contributed by atoms with Gasteiger partial charge in [-0.15, -0.1) is 13.2 Å². The van der Waals surface area contributed by atoms with Crippen molar-refractivity contribution in [2.24, 2.45) is 0 Å². The molecule has 0 atom stereocenters. The lowest BCUT2D eigenvalue weighted by atomic mass is 10.0. The van der Waals surface area contributed by atoms with Crippen LogP contribution in [0.4, 0.5) is 26.3 Å². The van der Waals surface area contributed by atoms with E-state index in [4.69, 9.17) is 0 Å². The lowest BCUT2D eigenvalue weighted by Gasteiger charge is -2.13. The summed E-state index contributed by atoms with van der Waals surface area (Å²) in [7, 11) is 0. The van der Waals surface area contributed by atoms with Crippen molar-refractivity contribution in [3.63, 3.8) is 0 Å². The maximum atomic E-state index is 12.7. The molecule has 1 aromatic carbocycles. The standard InChI is InChI=1S/C13H7F6NO2/c14-12(15,16)11-10(21)9(4-5-20-11)7-2-1-3-8(6-7)22-13(17,18)19/h1-6,21H. The van der Waals surface area contributed by atoms with Gasteiger partial charge in [0.2, 0.25) is 0 Å². The van der Waals surface area contributed by atoms with E-state index in [1.54, 1.807) is 0 Å². The van der Waals surface area contributed by atoms with E-state index >= 15 is 0 Å². The zero-order valence-electron chi connectivity index (χ0n) is 10.5. The summed E-state index contributed by atoms with van der Waals surface area (Å²) in [4.78, 5) is 3.03. The van der Waals surface area contributed by atoms with E-state index in [0.29, 0.717) is 0 Å². The first-order valence-corrected chi connectivity index (χ1v) is 5.69. The SMILES string of the molecule is Oc1c(-c2cccc(OC(F)(F)F)c2)ccnc1C(F)(F)F. The quantitative estimate of drug-likeness (QED) is 0.835. The number of benzene rings is 1. The van der Waals surface area contributed by atoms with Crippen LogP contribution >= 0.6 is 0 Å². The summed E-state index contributed by atoms with van der Waals surface area (Å²) < 4.78 is 78.1. The molecule has 0 fully saturated rings. The molecule has 0 aliphatic carbocycles. The van der Waals surface area contributed by atoms with Gasteiger partial charge in [-0.2, -0.15) is 13.2 Å². The molecular weight excluding hydrogens is 316 g/mol. The number of aromatic hydroxyl groups is 1. The van der Waals surface area contributed by atoms with Gasteiger partial charge in [-0.3, -0.25) is 0 Å². The molecule has 9 heteroatoms. The predicted molar refractivity (Wildman–Crippen MR) is 63.0 cm³/mol. The van der Waals surface area contributed by atoms with Crippen LogP contribution in [0.5, 0.6) is 11.5 Å². The zero-order valence-corrected chi connectivity index (χ0v) is 10.5. The summed E-state index contributed by atoms with van der Waals surface area (Å²) in [5.74, 6) is -1.78. The van der Waals surface area contributed by atoms with Gasteiger partial charge in [0.25, 0.3) is 0 Å². The first-order valence-electron chi connectivity index (χ1n) is 5.69. The van der Waals surface area contributed by atoms with Crippen LogP contribution in [0.3, 0.4) is 0 Å². The van der Waals surface area contributed by atoms with Crippen molar-refractivity contribution in [3.8, 4) is 22.6 Å². The fourth-order valence-corrected chi connectivity index (χ4v) is 1.76. The Kier molecular flexibility index (Phi) is 3.90. The van der Waals surface area contributed by atoms with E-state index < -0.39 is 29.7 Å². The van der Waals surface area contributed by atoms with Crippen molar-refractivity contribution in [3.05, 3.63) is 42.2 Å². The van der Waals surface area contributed by atoms with Crippen molar-refractivity contribution >= 4 is 0 Å². The second-order valence-electron chi connectivity index (χ2n) is 4.13. The molecule has 1 heterocycles. The van der Waals surface area contributed by atoms with Crippen LogP contribution in [0.25, 0.3) is 11.1 Å². The molecule has 0 aliphatic rings. The topological polar surface area (TPSA) is 42.4 Å². The summed E-state index contributed by atoms with van der Waals surface area (Å²) in [5.41, 5.74) is -1.91. The molecule has 1 N–H and O–H groups in total. The maximum absolute atomic E-state index is 12.7. The van der Waals surface area contributed by atoms with Crippen LogP contribution in [-0.2, 0) is 6.18 Å². The maximum Gasteiger partial charge on any atom is 0.573 e. The van der Waals surface area contributed by atoms with Crippen LogP contribution in [0.2, 0.25) is 0 Å².